The fraction of sp³-hybridized carbons (Fsp3) is 0.0303. The van der Waals surface area contributed by atoms with E-state index in [2.05, 4.69) is 300 Å². The van der Waals surface area contributed by atoms with Gasteiger partial charge in [-0.2, -0.15) is 0 Å². The smallest absolute Gasteiger partial charge is 0.0462 e. The van der Waals surface area contributed by atoms with Gasteiger partial charge in [0.05, 0.1) is 0 Å². The maximum atomic E-state index is 2.40. The predicted octanol–water partition coefficient (Wildman–Crippen LogP) is 18.8. The minimum Gasteiger partial charge on any atom is -0.311 e. The van der Waals surface area contributed by atoms with Crippen molar-refractivity contribution in [2.75, 3.05) is 14.7 Å². The molecule has 10 aromatic carbocycles. The molecule has 0 bridgehead atoms. The summed E-state index contributed by atoms with van der Waals surface area (Å²) in [7, 11) is 0. The number of rotatable bonds is 12. The summed E-state index contributed by atoms with van der Waals surface area (Å²) < 4.78 is 0. The van der Waals surface area contributed by atoms with Gasteiger partial charge in [-0.3, -0.25) is 0 Å². The zero-order chi connectivity index (χ0) is 46.6. The highest BCUT2D eigenvalue weighted by atomic mass is 32.2. The lowest BCUT2D eigenvalue weighted by Gasteiger charge is -2.27. The molecule has 0 fully saturated rings. The highest BCUT2D eigenvalue weighted by molar-refractivity contribution is 8.00. The molecular formula is C66H49N3S. The highest BCUT2D eigenvalue weighted by Gasteiger charge is 2.31. The lowest BCUT2D eigenvalue weighted by Crippen LogP contribution is -2.10. The van der Waals surface area contributed by atoms with Gasteiger partial charge in [-0.1, -0.05) is 164 Å². The Morgan fingerprint density at radius 3 is 0.857 bits per heavy atom. The van der Waals surface area contributed by atoms with Crippen LogP contribution in [0.5, 0.6) is 0 Å². The van der Waals surface area contributed by atoms with E-state index in [9.17, 15) is 0 Å². The summed E-state index contributed by atoms with van der Waals surface area (Å²) in [6, 6.07) is 94.0. The molecule has 0 saturated carbocycles. The first-order valence-electron chi connectivity index (χ1n) is 24.0. The molecule has 1 aliphatic carbocycles. The van der Waals surface area contributed by atoms with Crippen molar-refractivity contribution >= 4 is 62.9 Å². The molecule has 1 aliphatic heterocycles. The maximum absolute atomic E-state index is 2.40. The van der Waals surface area contributed by atoms with Crippen molar-refractivity contribution in [3.63, 3.8) is 0 Å². The monoisotopic (exact) mass is 915 g/mol. The molecule has 0 amide bonds. The van der Waals surface area contributed by atoms with Crippen LogP contribution >= 0.6 is 11.8 Å². The molecule has 2 atom stereocenters. The molecule has 0 N–H and O–H groups in total. The summed E-state index contributed by atoms with van der Waals surface area (Å²) >= 11 is 1.98. The van der Waals surface area contributed by atoms with Crippen LogP contribution in [-0.2, 0) is 0 Å². The van der Waals surface area contributed by atoms with Crippen LogP contribution in [0.3, 0.4) is 0 Å². The Morgan fingerprint density at radius 1 is 0.257 bits per heavy atom. The van der Waals surface area contributed by atoms with E-state index in [-0.39, 0.29) is 0 Å². The Hall–Kier alpha value is -8.57. The topological polar surface area (TPSA) is 9.72 Å². The molecule has 0 radical (unpaired) electrons. The number of para-hydroxylation sites is 4. The lowest BCUT2D eigenvalue weighted by atomic mass is 9.90. The van der Waals surface area contributed by atoms with Crippen molar-refractivity contribution in [3.8, 4) is 33.4 Å². The fourth-order valence-corrected chi connectivity index (χ4v) is 11.2. The van der Waals surface area contributed by atoms with E-state index < -0.39 is 0 Å². The van der Waals surface area contributed by atoms with Crippen molar-refractivity contribution in [2.24, 2.45) is 0 Å². The largest absolute Gasteiger partial charge is 0.311 e. The minimum absolute atomic E-state index is 0.429. The Kier molecular flexibility index (Phi) is 11.7. The van der Waals surface area contributed by atoms with Gasteiger partial charge in [0.15, 0.2) is 0 Å². The third-order valence-electron chi connectivity index (χ3n) is 13.4. The first-order valence-corrected chi connectivity index (χ1v) is 24.9. The van der Waals surface area contributed by atoms with Crippen LogP contribution < -0.4 is 14.7 Å². The molecule has 1 heterocycles. The molecular weight excluding hydrogens is 867 g/mol. The van der Waals surface area contributed by atoms with Gasteiger partial charge in [0.25, 0.3) is 0 Å². The van der Waals surface area contributed by atoms with Crippen LogP contribution in [0.2, 0.25) is 0 Å². The van der Waals surface area contributed by atoms with Gasteiger partial charge in [0.2, 0.25) is 0 Å². The first-order chi connectivity index (χ1) is 34.7. The summed E-state index contributed by atoms with van der Waals surface area (Å²) in [6.07, 6.45) is 9.06. The zero-order valence-electron chi connectivity index (χ0n) is 38.5. The molecule has 10 aromatic rings. The van der Waals surface area contributed by atoms with Gasteiger partial charge in [0, 0.05) is 67.2 Å². The number of hydrogen-bond acceptors (Lipinski definition) is 4. The quantitative estimate of drug-likeness (QED) is 0.121. The van der Waals surface area contributed by atoms with Crippen LogP contribution in [-0.4, -0.2) is 5.25 Å². The lowest BCUT2D eigenvalue weighted by molar-refractivity contribution is 0.881. The number of benzene rings is 10. The number of allylic oxidation sites excluding steroid dienone is 3. The second-order valence-electron chi connectivity index (χ2n) is 17.7. The van der Waals surface area contributed by atoms with E-state index in [4.69, 9.17) is 0 Å². The van der Waals surface area contributed by atoms with Gasteiger partial charge in [-0.05, 0) is 160 Å². The van der Waals surface area contributed by atoms with Gasteiger partial charge in [-0.25, -0.2) is 0 Å². The third-order valence-corrected chi connectivity index (χ3v) is 14.7. The van der Waals surface area contributed by atoms with Crippen LogP contribution in [0.1, 0.15) is 11.5 Å². The van der Waals surface area contributed by atoms with Crippen molar-refractivity contribution in [2.45, 2.75) is 16.1 Å². The number of anilines is 9. The average molecular weight is 916 g/mol. The number of fused-ring (bicyclic) bond motifs is 3. The maximum Gasteiger partial charge on any atom is 0.0462 e. The molecule has 3 nitrogen and oxygen atoms in total. The molecule has 2 unspecified atom stereocenters. The Balaban J connectivity index is 0.853. The summed E-state index contributed by atoms with van der Waals surface area (Å²) in [5.41, 5.74) is 18.5. The summed E-state index contributed by atoms with van der Waals surface area (Å²) in [5, 5.41) is 0.483. The SMILES string of the molecule is C1=CC2Sc3ccc(-c4ccc(N(c5ccc(-c6ccc(N(c7ccccc7)c7ccccc7)cc6)cc5)c5ccc(-c6ccc(N(c7ccccc7)c7ccccc7)cc6)cc5)cc4)cc3C2C=C1. The molecule has 0 aromatic heterocycles. The van der Waals surface area contributed by atoms with Crippen molar-refractivity contribution in [3.05, 3.63) is 291 Å². The molecule has 70 heavy (non-hydrogen) atoms. The molecule has 0 spiro atoms. The van der Waals surface area contributed by atoms with E-state index in [1.54, 1.807) is 0 Å². The number of hydrogen-bond donors (Lipinski definition) is 0. The van der Waals surface area contributed by atoms with Gasteiger partial charge < -0.3 is 14.7 Å². The second kappa shape index (κ2) is 19.2. The molecule has 334 valence electrons. The predicted molar refractivity (Wildman–Crippen MR) is 297 cm³/mol. The van der Waals surface area contributed by atoms with E-state index in [1.807, 2.05) is 11.8 Å². The Labute approximate surface area is 415 Å². The fourth-order valence-electron chi connectivity index (χ4n) is 9.89. The van der Waals surface area contributed by atoms with Gasteiger partial charge >= 0.3 is 0 Å². The van der Waals surface area contributed by atoms with Crippen molar-refractivity contribution < 1.29 is 0 Å². The normalized spacial score (nSPS) is 14.4. The van der Waals surface area contributed by atoms with Crippen molar-refractivity contribution in [1.82, 2.24) is 0 Å². The Bertz CT molecular complexity index is 3160. The zero-order valence-corrected chi connectivity index (χ0v) is 39.4. The number of nitrogens with zero attached hydrogens (tertiary/aromatic N) is 3. The van der Waals surface area contributed by atoms with Gasteiger partial charge in [0.1, 0.15) is 0 Å². The minimum atomic E-state index is 0.429. The molecule has 12 rings (SSSR count). The first kappa shape index (κ1) is 42.8. The second-order valence-corrected chi connectivity index (χ2v) is 18.9. The van der Waals surface area contributed by atoms with Crippen LogP contribution in [0.15, 0.2) is 290 Å². The Morgan fingerprint density at radius 2 is 0.529 bits per heavy atom. The third kappa shape index (κ3) is 8.62. The standard InChI is InChI=1S/C66H49N3S/c1-5-15-54(16-6-1)67(55-17-7-2-8-18-55)58-36-25-48(26-37-58)50-29-40-60(41-30-50)69(62-44-33-52(34-45-62)53-35-46-66-64(47-53)63-23-13-14-24-65(63)70-66)61-42-31-51(32-43-61)49-27-38-59(39-28-49)68(56-19-9-3-10-20-56)57-21-11-4-12-22-57/h1-47,63,65H. The number of thioether (sulfide) groups is 1. The average Bonchev–Trinajstić information content (AvgIpc) is 3.82. The van der Waals surface area contributed by atoms with Crippen LogP contribution in [0, 0.1) is 0 Å². The summed E-state index contributed by atoms with van der Waals surface area (Å²) in [4.78, 5) is 8.35. The highest BCUT2D eigenvalue weighted by Crippen LogP contribution is 2.49. The molecule has 2 aliphatic rings. The molecule has 4 heteroatoms. The summed E-state index contributed by atoms with van der Waals surface area (Å²) in [6.45, 7) is 0. The van der Waals surface area contributed by atoms with Crippen LogP contribution in [0.4, 0.5) is 51.2 Å². The molecule has 0 saturated heterocycles. The van der Waals surface area contributed by atoms with E-state index in [0.717, 1.165) is 73.4 Å². The van der Waals surface area contributed by atoms with E-state index in [1.165, 1.54) is 21.6 Å². The van der Waals surface area contributed by atoms with E-state index >= 15 is 0 Å². The van der Waals surface area contributed by atoms with Crippen molar-refractivity contribution in [1.29, 1.82) is 0 Å². The summed E-state index contributed by atoms with van der Waals surface area (Å²) in [5.74, 6) is 0.429. The van der Waals surface area contributed by atoms with Gasteiger partial charge in [-0.15, -0.1) is 11.8 Å². The van der Waals surface area contributed by atoms with Crippen LogP contribution in [0.25, 0.3) is 33.4 Å². The van der Waals surface area contributed by atoms with E-state index in [0.29, 0.717) is 11.2 Å².